The molecule has 9 heteroatoms. The third-order valence-electron chi connectivity index (χ3n) is 3.24. The Bertz CT molecular complexity index is 1010. The molecule has 0 unspecified atom stereocenters. The summed E-state index contributed by atoms with van der Waals surface area (Å²) in [5, 5.41) is 10.1. The van der Waals surface area contributed by atoms with Crippen LogP contribution < -0.4 is 0 Å². The topological polar surface area (TPSA) is 61.4 Å². The van der Waals surface area contributed by atoms with Crippen LogP contribution in [0.25, 0.3) is 22.5 Å². The molecule has 0 saturated carbocycles. The first-order valence-electron chi connectivity index (χ1n) is 6.47. The molecule has 114 valence electrons. The Hall–Kier alpha value is -2.32. The largest absolute Gasteiger partial charge is 0.250 e. The van der Waals surface area contributed by atoms with Crippen LogP contribution in [0, 0.1) is 5.82 Å². The lowest BCUT2D eigenvalue weighted by atomic mass is 10.2. The molecule has 0 spiro atoms. The van der Waals surface area contributed by atoms with Gasteiger partial charge in [0.15, 0.2) is 5.82 Å². The minimum Gasteiger partial charge on any atom is -0.230 e. The summed E-state index contributed by atoms with van der Waals surface area (Å²) in [6.07, 6.45) is 7.24. The number of rotatable bonds is 2. The average Bonchev–Trinajstić information content (AvgIpc) is 3.15. The first-order valence-corrected chi connectivity index (χ1v) is 7.65. The fourth-order valence-corrected chi connectivity index (χ4v) is 2.69. The van der Waals surface area contributed by atoms with Crippen molar-refractivity contribution < 1.29 is 4.39 Å². The summed E-state index contributed by atoms with van der Waals surface area (Å²) in [5.41, 5.74) is 1.60. The van der Waals surface area contributed by atoms with Crippen LogP contribution in [-0.4, -0.2) is 29.5 Å². The molecule has 3 heterocycles. The van der Waals surface area contributed by atoms with Gasteiger partial charge in [0.1, 0.15) is 5.69 Å². The van der Waals surface area contributed by atoms with E-state index in [-0.39, 0.29) is 5.95 Å². The van der Waals surface area contributed by atoms with Gasteiger partial charge < -0.3 is 0 Å². The van der Waals surface area contributed by atoms with Gasteiger partial charge in [-0.2, -0.15) is 10.2 Å². The highest BCUT2D eigenvalue weighted by atomic mass is 79.9. The molecular formula is C14H7BrClFN6. The molecule has 0 radical (unpaired) electrons. The van der Waals surface area contributed by atoms with Crippen LogP contribution in [-0.2, 0) is 0 Å². The maximum Gasteiger partial charge on any atom is 0.250 e. The zero-order valence-electron chi connectivity index (χ0n) is 11.4. The first kappa shape index (κ1) is 14.3. The molecule has 0 aliphatic carbocycles. The summed E-state index contributed by atoms with van der Waals surface area (Å²) in [5.74, 6) is -0.223. The molecule has 0 aliphatic rings. The number of fused-ring (bicyclic) bond motifs is 1. The van der Waals surface area contributed by atoms with Gasteiger partial charge in [0.05, 0.1) is 41.5 Å². The zero-order valence-corrected chi connectivity index (χ0v) is 13.7. The molecular weight excluding hydrogens is 387 g/mol. The van der Waals surface area contributed by atoms with Gasteiger partial charge in [-0.3, -0.25) is 0 Å². The fourth-order valence-electron chi connectivity index (χ4n) is 2.18. The summed E-state index contributed by atoms with van der Waals surface area (Å²) in [7, 11) is 0. The average molecular weight is 394 g/mol. The fraction of sp³-hybridized carbons (Fsp3) is 0. The number of aromatic nitrogens is 6. The second-order valence-electron chi connectivity index (χ2n) is 4.73. The van der Waals surface area contributed by atoms with Gasteiger partial charge in [-0.05, 0) is 28.1 Å². The Labute approximate surface area is 142 Å². The zero-order chi connectivity index (χ0) is 16.0. The van der Waals surface area contributed by atoms with Gasteiger partial charge in [-0.1, -0.05) is 11.6 Å². The Balaban J connectivity index is 1.80. The molecule has 0 atom stereocenters. The second kappa shape index (κ2) is 5.39. The molecule has 3 aromatic heterocycles. The van der Waals surface area contributed by atoms with E-state index in [9.17, 15) is 4.39 Å². The molecule has 23 heavy (non-hydrogen) atoms. The Kier molecular flexibility index (Phi) is 3.35. The molecule has 0 aliphatic heterocycles. The monoisotopic (exact) mass is 392 g/mol. The Morgan fingerprint density at radius 2 is 1.83 bits per heavy atom. The normalized spacial score (nSPS) is 11.3. The molecule has 0 amide bonds. The van der Waals surface area contributed by atoms with Crippen LogP contribution >= 0.6 is 27.5 Å². The highest BCUT2D eigenvalue weighted by molar-refractivity contribution is 9.10. The lowest BCUT2D eigenvalue weighted by molar-refractivity contribution is 0.608. The smallest absolute Gasteiger partial charge is 0.230 e. The van der Waals surface area contributed by atoms with Crippen molar-refractivity contribution in [2.24, 2.45) is 0 Å². The lowest BCUT2D eigenvalue weighted by Gasteiger charge is -2.01. The molecule has 0 fully saturated rings. The highest BCUT2D eigenvalue weighted by Crippen LogP contribution is 2.29. The molecule has 0 bridgehead atoms. The van der Waals surface area contributed by atoms with Gasteiger partial charge in [0.25, 0.3) is 5.95 Å². The third-order valence-corrected chi connectivity index (χ3v) is 4.43. The highest BCUT2D eigenvalue weighted by Gasteiger charge is 2.11. The van der Waals surface area contributed by atoms with Gasteiger partial charge in [-0.15, -0.1) is 0 Å². The van der Waals surface area contributed by atoms with Gasteiger partial charge in [0, 0.05) is 9.86 Å². The van der Waals surface area contributed by atoms with Gasteiger partial charge >= 0.3 is 0 Å². The van der Waals surface area contributed by atoms with Crippen LogP contribution in [0.5, 0.6) is 0 Å². The van der Waals surface area contributed by atoms with E-state index in [1.54, 1.807) is 23.3 Å². The maximum atomic E-state index is 12.9. The molecule has 4 rings (SSSR count). The van der Waals surface area contributed by atoms with Crippen molar-refractivity contribution in [3.8, 4) is 11.6 Å². The Morgan fingerprint density at radius 3 is 2.61 bits per heavy atom. The molecule has 0 saturated heterocycles. The van der Waals surface area contributed by atoms with Crippen LogP contribution in [0.2, 0.25) is 5.02 Å². The van der Waals surface area contributed by atoms with E-state index in [2.05, 4.69) is 36.1 Å². The standard InChI is InChI=1S/C14H7BrClFN6/c15-11-2-13-8(1-12(11)16)3-21-23(13)10-6-20-22(7-10)14-18-4-9(17)5-19-14/h1-7H. The number of hydrogen-bond acceptors (Lipinski definition) is 4. The lowest BCUT2D eigenvalue weighted by Crippen LogP contribution is -2.01. The third kappa shape index (κ3) is 2.49. The predicted octanol–water partition coefficient (Wildman–Crippen LogP) is 3.56. The van der Waals surface area contributed by atoms with Crippen molar-refractivity contribution in [1.29, 1.82) is 0 Å². The maximum absolute atomic E-state index is 12.9. The predicted molar refractivity (Wildman–Crippen MR) is 86.5 cm³/mol. The minimum atomic E-state index is -0.499. The number of benzene rings is 1. The van der Waals surface area contributed by atoms with Gasteiger partial charge in [0.2, 0.25) is 0 Å². The molecule has 6 nitrogen and oxygen atoms in total. The van der Waals surface area contributed by atoms with Crippen LogP contribution in [0.1, 0.15) is 0 Å². The van der Waals surface area contributed by atoms with E-state index in [0.29, 0.717) is 5.02 Å². The number of hydrogen-bond donors (Lipinski definition) is 0. The number of halogens is 3. The van der Waals surface area contributed by atoms with E-state index < -0.39 is 5.82 Å². The molecule has 4 aromatic rings. The van der Waals surface area contributed by atoms with Crippen molar-refractivity contribution in [3.63, 3.8) is 0 Å². The van der Waals surface area contributed by atoms with Crippen molar-refractivity contribution >= 4 is 38.4 Å². The Morgan fingerprint density at radius 1 is 1.04 bits per heavy atom. The quantitative estimate of drug-likeness (QED) is 0.522. The summed E-state index contributed by atoms with van der Waals surface area (Å²) < 4.78 is 16.8. The van der Waals surface area contributed by atoms with Crippen molar-refractivity contribution in [2.45, 2.75) is 0 Å². The summed E-state index contributed by atoms with van der Waals surface area (Å²) in [6.45, 7) is 0. The van der Waals surface area contributed by atoms with Crippen LogP contribution in [0.4, 0.5) is 4.39 Å². The van der Waals surface area contributed by atoms with Crippen LogP contribution in [0.3, 0.4) is 0 Å². The first-order chi connectivity index (χ1) is 11.1. The summed E-state index contributed by atoms with van der Waals surface area (Å²) in [4.78, 5) is 7.78. The van der Waals surface area contributed by atoms with E-state index in [1.807, 2.05) is 12.1 Å². The van der Waals surface area contributed by atoms with E-state index in [4.69, 9.17) is 11.6 Å². The summed E-state index contributed by atoms with van der Waals surface area (Å²) in [6, 6.07) is 3.72. The minimum absolute atomic E-state index is 0.276. The number of nitrogens with zero attached hydrogens (tertiary/aromatic N) is 6. The van der Waals surface area contributed by atoms with Crippen LogP contribution in [0.15, 0.2) is 47.6 Å². The SMILES string of the molecule is Fc1cnc(-n2cc(-n3ncc4cc(Cl)c(Br)cc43)cn2)nc1. The summed E-state index contributed by atoms with van der Waals surface area (Å²) >= 11 is 9.50. The molecule has 1 aromatic carbocycles. The van der Waals surface area contributed by atoms with Gasteiger partial charge in [-0.25, -0.2) is 23.7 Å². The van der Waals surface area contributed by atoms with Crippen molar-refractivity contribution in [2.75, 3.05) is 0 Å². The molecule has 0 N–H and O–H groups in total. The van der Waals surface area contributed by atoms with E-state index in [1.165, 1.54) is 4.68 Å². The van der Waals surface area contributed by atoms with Crippen molar-refractivity contribution in [3.05, 3.63) is 58.4 Å². The second-order valence-corrected chi connectivity index (χ2v) is 5.99. The van der Waals surface area contributed by atoms with Crippen molar-refractivity contribution in [1.82, 2.24) is 29.5 Å². The van der Waals surface area contributed by atoms with E-state index >= 15 is 0 Å². The van der Waals surface area contributed by atoms with E-state index in [0.717, 1.165) is 33.5 Å².